The molecular formula is C17H19F. The van der Waals surface area contributed by atoms with E-state index in [9.17, 15) is 4.39 Å². The maximum Gasteiger partial charge on any atom is 0.129 e. The fourth-order valence-electron chi connectivity index (χ4n) is 2.17. The van der Waals surface area contributed by atoms with E-state index < -0.39 is 0 Å². The van der Waals surface area contributed by atoms with Crippen LogP contribution in [0.1, 0.15) is 27.8 Å². The van der Waals surface area contributed by atoms with E-state index in [4.69, 9.17) is 0 Å². The van der Waals surface area contributed by atoms with Crippen molar-refractivity contribution in [1.29, 1.82) is 0 Å². The molecule has 0 bridgehead atoms. The first-order chi connectivity index (χ1) is 8.58. The van der Waals surface area contributed by atoms with Crippen LogP contribution in [0, 0.1) is 26.6 Å². The molecule has 0 fully saturated rings. The first kappa shape index (κ1) is 12.8. The molecule has 1 heteroatoms. The predicted octanol–water partition coefficient (Wildman–Crippen LogP) is 4.54. The zero-order valence-electron chi connectivity index (χ0n) is 11.3. The summed E-state index contributed by atoms with van der Waals surface area (Å²) in [6.07, 6.45) is 1.66. The van der Waals surface area contributed by atoms with Gasteiger partial charge in [0.2, 0.25) is 0 Å². The van der Waals surface area contributed by atoms with Gasteiger partial charge in [-0.1, -0.05) is 42.0 Å². The highest BCUT2D eigenvalue weighted by Crippen LogP contribution is 2.19. The van der Waals surface area contributed by atoms with Crippen LogP contribution < -0.4 is 0 Å². The Morgan fingerprint density at radius 1 is 0.778 bits per heavy atom. The predicted molar refractivity (Wildman–Crippen MR) is 74.5 cm³/mol. The van der Waals surface area contributed by atoms with Crippen molar-refractivity contribution in [2.24, 2.45) is 0 Å². The number of rotatable bonds is 3. The van der Waals surface area contributed by atoms with Gasteiger partial charge < -0.3 is 0 Å². The van der Waals surface area contributed by atoms with Crippen LogP contribution in [0.2, 0.25) is 0 Å². The van der Waals surface area contributed by atoms with Crippen molar-refractivity contribution in [2.45, 2.75) is 33.6 Å². The van der Waals surface area contributed by atoms with Crippen molar-refractivity contribution >= 4 is 0 Å². The number of aryl methyl sites for hydroxylation is 4. The number of benzene rings is 2. The van der Waals surface area contributed by atoms with Gasteiger partial charge in [0, 0.05) is 0 Å². The molecular weight excluding hydrogens is 223 g/mol. The number of hydrogen-bond acceptors (Lipinski definition) is 0. The van der Waals surface area contributed by atoms with Gasteiger partial charge in [0.1, 0.15) is 5.82 Å². The first-order valence-corrected chi connectivity index (χ1v) is 6.38. The summed E-state index contributed by atoms with van der Waals surface area (Å²) >= 11 is 0. The number of halogens is 1. The zero-order chi connectivity index (χ0) is 13.1. The Labute approximate surface area is 108 Å². The molecule has 0 heterocycles. The van der Waals surface area contributed by atoms with Crippen LogP contribution in [0.3, 0.4) is 0 Å². The summed E-state index contributed by atoms with van der Waals surface area (Å²) < 4.78 is 14.0. The SMILES string of the molecule is Cc1ccc(CCc2c(C)ccc(C)c2F)cc1. The zero-order valence-corrected chi connectivity index (χ0v) is 11.3. The molecule has 0 saturated heterocycles. The van der Waals surface area contributed by atoms with Gasteiger partial charge in [0.05, 0.1) is 0 Å². The molecule has 18 heavy (non-hydrogen) atoms. The van der Waals surface area contributed by atoms with Crippen molar-refractivity contribution in [3.05, 3.63) is 70.0 Å². The van der Waals surface area contributed by atoms with Crippen molar-refractivity contribution < 1.29 is 4.39 Å². The fourth-order valence-corrected chi connectivity index (χ4v) is 2.17. The van der Waals surface area contributed by atoms with Crippen molar-refractivity contribution in [1.82, 2.24) is 0 Å². The molecule has 0 unspecified atom stereocenters. The molecule has 0 atom stereocenters. The van der Waals surface area contributed by atoms with E-state index in [-0.39, 0.29) is 5.82 Å². The van der Waals surface area contributed by atoms with Crippen molar-refractivity contribution in [3.63, 3.8) is 0 Å². The molecule has 0 aromatic heterocycles. The van der Waals surface area contributed by atoms with E-state index >= 15 is 0 Å². The fraction of sp³-hybridized carbons (Fsp3) is 0.294. The highest BCUT2D eigenvalue weighted by Gasteiger charge is 2.08. The van der Waals surface area contributed by atoms with Crippen molar-refractivity contribution in [3.8, 4) is 0 Å². The van der Waals surface area contributed by atoms with Crippen LogP contribution in [-0.2, 0) is 12.8 Å². The largest absolute Gasteiger partial charge is 0.206 e. The summed E-state index contributed by atoms with van der Waals surface area (Å²) in [5.41, 5.74) is 5.16. The topological polar surface area (TPSA) is 0 Å². The lowest BCUT2D eigenvalue weighted by Crippen LogP contribution is -2.00. The third-order valence-electron chi connectivity index (χ3n) is 3.45. The first-order valence-electron chi connectivity index (χ1n) is 6.38. The minimum atomic E-state index is -0.0397. The van der Waals surface area contributed by atoms with Crippen LogP contribution >= 0.6 is 0 Å². The van der Waals surface area contributed by atoms with Gasteiger partial charge >= 0.3 is 0 Å². The van der Waals surface area contributed by atoms with Crippen LogP contribution in [-0.4, -0.2) is 0 Å². The Balaban J connectivity index is 2.15. The summed E-state index contributed by atoms with van der Waals surface area (Å²) in [6, 6.07) is 12.3. The average Bonchev–Trinajstić information content (AvgIpc) is 2.36. The van der Waals surface area contributed by atoms with Crippen LogP contribution in [0.25, 0.3) is 0 Å². The quantitative estimate of drug-likeness (QED) is 0.741. The third-order valence-corrected chi connectivity index (χ3v) is 3.45. The van der Waals surface area contributed by atoms with E-state index in [0.717, 1.165) is 29.5 Å². The summed E-state index contributed by atoms with van der Waals surface area (Å²) in [5, 5.41) is 0. The van der Waals surface area contributed by atoms with Crippen LogP contribution in [0.15, 0.2) is 36.4 Å². The molecule has 0 radical (unpaired) electrons. The molecule has 0 N–H and O–H groups in total. The molecule has 0 nitrogen and oxygen atoms in total. The highest BCUT2D eigenvalue weighted by atomic mass is 19.1. The summed E-state index contributed by atoms with van der Waals surface area (Å²) in [7, 11) is 0. The van der Waals surface area contributed by atoms with E-state index in [1.165, 1.54) is 11.1 Å². The van der Waals surface area contributed by atoms with Crippen LogP contribution in [0.4, 0.5) is 4.39 Å². The van der Waals surface area contributed by atoms with E-state index in [1.807, 2.05) is 26.0 Å². The van der Waals surface area contributed by atoms with Gasteiger partial charge in [-0.3, -0.25) is 0 Å². The molecule has 0 aliphatic carbocycles. The minimum absolute atomic E-state index is 0.0397. The summed E-state index contributed by atoms with van der Waals surface area (Å²) in [4.78, 5) is 0. The van der Waals surface area contributed by atoms with E-state index in [0.29, 0.717) is 0 Å². The molecule has 0 aliphatic heterocycles. The Bertz CT molecular complexity index is 538. The summed E-state index contributed by atoms with van der Waals surface area (Å²) in [6.45, 7) is 5.88. The normalized spacial score (nSPS) is 10.7. The minimum Gasteiger partial charge on any atom is -0.206 e. The van der Waals surface area contributed by atoms with Gasteiger partial charge in [-0.15, -0.1) is 0 Å². The molecule has 0 spiro atoms. The van der Waals surface area contributed by atoms with Gasteiger partial charge in [0.15, 0.2) is 0 Å². The molecule has 2 rings (SSSR count). The molecule has 2 aromatic carbocycles. The maximum absolute atomic E-state index is 14.0. The monoisotopic (exact) mass is 242 g/mol. The average molecular weight is 242 g/mol. The lowest BCUT2D eigenvalue weighted by Gasteiger charge is -2.09. The van der Waals surface area contributed by atoms with Gasteiger partial charge in [-0.25, -0.2) is 4.39 Å². The highest BCUT2D eigenvalue weighted by molar-refractivity contribution is 5.33. The molecule has 2 aromatic rings. The van der Waals surface area contributed by atoms with E-state index in [1.54, 1.807) is 0 Å². The van der Waals surface area contributed by atoms with Crippen LogP contribution in [0.5, 0.6) is 0 Å². The second-order valence-corrected chi connectivity index (χ2v) is 4.98. The maximum atomic E-state index is 14.0. The molecule has 0 aliphatic rings. The lowest BCUT2D eigenvalue weighted by atomic mass is 9.97. The number of hydrogen-bond donors (Lipinski definition) is 0. The standard InChI is InChI=1S/C17H19F/c1-12-4-8-15(9-5-12)10-11-16-13(2)6-7-14(3)17(16)18/h4-9H,10-11H2,1-3H3. The van der Waals surface area contributed by atoms with Gasteiger partial charge in [-0.05, 0) is 55.9 Å². The van der Waals surface area contributed by atoms with Crippen molar-refractivity contribution in [2.75, 3.05) is 0 Å². The smallest absolute Gasteiger partial charge is 0.129 e. The summed E-state index contributed by atoms with van der Waals surface area (Å²) in [5.74, 6) is -0.0397. The molecule has 94 valence electrons. The molecule has 0 saturated carbocycles. The van der Waals surface area contributed by atoms with Gasteiger partial charge in [0.25, 0.3) is 0 Å². The Hall–Kier alpha value is -1.63. The van der Waals surface area contributed by atoms with Gasteiger partial charge in [-0.2, -0.15) is 0 Å². The Kier molecular flexibility index (Phi) is 3.81. The Morgan fingerprint density at radius 2 is 1.39 bits per heavy atom. The Morgan fingerprint density at radius 3 is 2.06 bits per heavy atom. The molecule has 0 amide bonds. The lowest BCUT2D eigenvalue weighted by molar-refractivity contribution is 0.597. The van der Waals surface area contributed by atoms with E-state index in [2.05, 4.69) is 31.2 Å². The third kappa shape index (κ3) is 2.79. The second-order valence-electron chi connectivity index (χ2n) is 4.98. The second kappa shape index (κ2) is 5.34.